The lowest BCUT2D eigenvalue weighted by atomic mass is 10.1. The van der Waals surface area contributed by atoms with E-state index in [9.17, 15) is 4.79 Å². The molecule has 0 aromatic heterocycles. The van der Waals surface area contributed by atoms with Crippen LogP contribution in [0.4, 0.5) is 0 Å². The molecule has 18 heavy (non-hydrogen) atoms. The van der Waals surface area contributed by atoms with Crippen LogP contribution in [0.1, 0.15) is 18.4 Å². The molecule has 0 spiro atoms. The molecule has 4 nitrogen and oxygen atoms in total. The topological polar surface area (TPSA) is 58.6 Å². The van der Waals surface area contributed by atoms with Gasteiger partial charge in [0, 0.05) is 12.5 Å². The Hall–Kier alpha value is -1.39. The van der Waals surface area contributed by atoms with Crippen molar-refractivity contribution in [2.24, 2.45) is 0 Å². The van der Waals surface area contributed by atoms with Gasteiger partial charge >= 0.3 is 5.97 Å². The number of nitrogens with one attached hydrogen (secondary N) is 1. The fraction of sp³-hybridized carbons (Fsp3) is 0.500. The summed E-state index contributed by atoms with van der Waals surface area (Å²) in [4.78, 5) is 11.2. The van der Waals surface area contributed by atoms with Gasteiger partial charge in [-0.3, -0.25) is 0 Å². The highest BCUT2D eigenvalue weighted by Gasteiger charge is 2.22. The van der Waals surface area contributed by atoms with Crippen LogP contribution in [0.2, 0.25) is 0 Å². The second-order valence-corrected chi connectivity index (χ2v) is 4.64. The maximum atomic E-state index is 11.2. The minimum atomic E-state index is -0.892. The molecule has 1 heterocycles. The van der Waals surface area contributed by atoms with E-state index in [2.05, 4.69) is 5.32 Å². The SMILES string of the molecule is O=C(O)C(Cc1ccccc1)OC[C@@H]1CCCN1. The molecule has 0 saturated carbocycles. The Morgan fingerprint density at radius 2 is 2.22 bits per heavy atom. The van der Waals surface area contributed by atoms with Gasteiger partial charge in [0.25, 0.3) is 0 Å². The van der Waals surface area contributed by atoms with Gasteiger partial charge in [-0.1, -0.05) is 30.3 Å². The van der Waals surface area contributed by atoms with Gasteiger partial charge in [-0.25, -0.2) is 4.79 Å². The lowest BCUT2D eigenvalue weighted by molar-refractivity contribution is -0.150. The zero-order chi connectivity index (χ0) is 12.8. The smallest absolute Gasteiger partial charge is 0.333 e. The number of carboxylic acid groups (broad SMARTS) is 1. The molecule has 1 aromatic rings. The minimum absolute atomic E-state index is 0.308. The molecule has 1 unspecified atom stereocenters. The van der Waals surface area contributed by atoms with Crippen LogP contribution in [0.5, 0.6) is 0 Å². The third kappa shape index (κ3) is 3.82. The molecule has 2 atom stereocenters. The summed E-state index contributed by atoms with van der Waals surface area (Å²) in [6.45, 7) is 1.48. The molecule has 1 aliphatic rings. The summed E-state index contributed by atoms with van der Waals surface area (Å²) in [7, 11) is 0. The Morgan fingerprint density at radius 3 is 2.83 bits per heavy atom. The molecule has 0 bridgehead atoms. The van der Waals surface area contributed by atoms with Crippen molar-refractivity contribution in [3.8, 4) is 0 Å². The van der Waals surface area contributed by atoms with Crippen molar-refractivity contribution < 1.29 is 14.6 Å². The molecule has 98 valence electrons. The zero-order valence-electron chi connectivity index (χ0n) is 10.3. The first-order valence-electron chi connectivity index (χ1n) is 6.37. The van der Waals surface area contributed by atoms with E-state index in [1.54, 1.807) is 0 Å². The Morgan fingerprint density at radius 1 is 1.44 bits per heavy atom. The number of hydrogen-bond acceptors (Lipinski definition) is 3. The van der Waals surface area contributed by atoms with Crippen LogP contribution in [-0.2, 0) is 16.0 Å². The molecule has 1 fully saturated rings. The van der Waals surface area contributed by atoms with Gasteiger partial charge in [-0.05, 0) is 24.9 Å². The summed E-state index contributed by atoms with van der Waals surface area (Å²) in [5, 5.41) is 12.5. The van der Waals surface area contributed by atoms with E-state index < -0.39 is 12.1 Å². The summed E-state index contributed by atoms with van der Waals surface area (Å²) >= 11 is 0. The fourth-order valence-electron chi connectivity index (χ4n) is 2.18. The molecular formula is C14H19NO3. The predicted molar refractivity (Wildman–Crippen MR) is 68.5 cm³/mol. The Balaban J connectivity index is 1.85. The monoisotopic (exact) mass is 249 g/mol. The number of carboxylic acids is 1. The molecule has 2 N–H and O–H groups in total. The minimum Gasteiger partial charge on any atom is -0.479 e. The highest BCUT2D eigenvalue weighted by molar-refractivity contribution is 5.72. The van der Waals surface area contributed by atoms with E-state index in [1.165, 1.54) is 0 Å². The molecule has 1 aromatic carbocycles. The van der Waals surface area contributed by atoms with E-state index >= 15 is 0 Å². The maximum absolute atomic E-state index is 11.2. The van der Waals surface area contributed by atoms with E-state index in [-0.39, 0.29) is 0 Å². The Bertz CT molecular complexity index is 374. The lowest BCUT2D eigenvalue weighted by Gasteiger charge is -2.17. The molecule has 2 rings (SSSR count). The van der Waals surface area contributed by atoms with Gasteiger partial charge in [0.1, 0.15) is 0 Å². The highest BCUT2D eigenvalue weighted by Crippen LogP contribution is 2.10. The highest BCUT2D eigenvalue weighted by atomic mass is 16.5. The van der Waals surface area contributed by atoms with Gasteiger partial charge in [-0.15, -0.1) is 0 Å². The third-order valence-corrected chi connectivity index (χ3v) is 3.20. The number of rotatable bonds is 6. The largest absolute Gasteiger partial charge is 0.479 e. The second kappa shape index (κ2) is 6.52. The first-order valence-corrected chi connectivity index (χ1v) is 6.37. The summed E-state index contributed by atoms with van der Waals surface area (Å²) in [6, 6.07) is 9.89. The van der Waals surface area contributed by atoms with Crippen LogP contribution in [0, 0.1) is 0 Å². The van der Waals surface area contributed by atoms with Crippen LogP contribution >= 0.6 is 0 Å². The van der Waals surface area contributed by atoms with Crippen LogP contribution in [0.15, 0.2) is 30.3 Å². The van der Waals surface area contributed by atoms with E-state index in [0.29, 0.717) is 19.1 Å². The molecule has 0 aliphatic carbocycles. The maximum Gasteiger partial charge on any atom is 0.333 e. The van der Waals surface area contributed by atoms with Crippen molar-refractivity contribution in [2.75, 3.05) is 13.2 Å². The molecule has 1 aliphatic heterocycles. The van der Waals surface area contributed by atoms with Gasteiger partial charge in [0.15, 0.2) is 6.10 Å². The van der Waals surface area contributed by atoms with E-state index in [0.717, 1.165) is 24.9 Å². The summed E-state index contributed by atoms with van der Waals surface area (Å²) in [6.07, 6.45) is 1.88. The molecule has 4 heteroatoms. The lowest BCUT2D eigenvalue weighted by Crippen LogP contribution is -2.33. The fourth-order valence-corrected chi connectivity index (χ4v) is 2.18. The van der Waals surface area contributed by atoms with E-state index in [4.69, 9.17) is 9.84 Å². The average molecular weight is 249 g/mol. The van der Waals surface area contributed by atoms with Crippen LogP contribution in [-0.4, -0.2) is 36.4 Å². The van der Waals surface area contributed by atoms with Crippen molar-refractivity contribution in [3.63, 3.8) is 0 Å². The molecule has 1 saturated heterocycles. The van der Waals surface area contributed by atoms with Gasteiger partial charge < -0.3 is 15.2 Å². The normalized spacial score (nSPS) is 20.8. The number of ether oxygens (including phenoxy) is 1. The third-order valence-electron chi connectivity index (χ3n) is 3.20. The first-order chi connectivity index (χ1) is 8.75. The first kappa shape index (κ1) is 13.1. The van der Waals surface area contributed by atoms with Gasteiger partial charge in [0.05, 0.1) is 6.61 Å². The summed E-state index contributed by atoms with van der Waals surface area (Å²) < 4.78 is 5.53. The van der Waals surface area contributed by atoms with Crippen molar-refractivity contribution in [1.82, 2.24) is 5.32 Å². The number of aliphatic carboxylic acids is 1. The van der Waals surface area contributed by atoms with Crippen LogP contribution in [0.3, 0.4) is 0 Å². The van der Waals surface area contributed by atoms with Crippen LogP contribution in [0.25, 0.3) is 0 Å². The Labute approximate surface area is 107 Å². The predicted octanol–water partition coefficient (Wildman–Crippen LogP) is 1.45. The second-order valence-electron chi connectivity index (χ2n) is 4.64. The van der Waals surface area contributed by atoms with Crippen molar-refractivity contribution in [3.05, 3.63) is 35.9 Å². The Kier molecular flexibility index (Phi) is 4.73. The number of benzene rings is 1. The summed E-state index contributed by atoms with van der Waals surface area (Å²) in [5.41, 5.74) is 0.990. The van der Waals surface area contributed by atoms with Crippen molar-refractivity contribution >= 4 is 5.97 Å². The van der Waals surface area contributed by atoms with Crippen molar-refractivity contribution in [2.45, 2.75) is 31.4 Å². The van der Waals surface area contributed by atoms with Crippen molar-refractivity contribution in [1.29, 1.82) is 0 Å². The number of carbonyl (C=O) groups is 1. The number of hydrogen-bond donors (Lipinski definition) is 2. The van der Waals surface area contributed by atoms with Gasteiger partial charge in [-0.2, -0.15) is 0 Å². The molecule has 0 radical (unpaired) electrons. The van der Waals surface area contributed by atoms with E-state index in [1.807, 2.05) is 30.3 Å². The summed E-state index contributed by atoms with van der Waals surface area (Å²) in [5.74, 6) is -0.892. The average Bonchev–Trinajstić information content (AvgIpc) is 2.88. The quantitative estimate of drug-likeness (QED) is 0.801. The standard InChI is InChI=1S/C14H19NO3/c16-14(17)13(9-11-5-2-1-3-6-11)18-10-12-7-4-8-15-12/h1-3,5-6,12-13,15H,4,7-10H2,(H,16,17)/t12-,13?/m0/s1. The zero-order valence-corrected chi connectivity index (χ0v) is 10.3. The van der Waals surface area contributed by atoms with Gasteiger partial charge in [0.2, 0.25) is 0 Å². The van der Waals surface area contributed by atoms with Crippen LogP contribution < -0.4 is 5.32 Å². The molecule has 0 amide bonds. The molecular weight excluding hydrogens is 230 g/mol.